The number of anilines is 1. The molecule has 5 nitrogen and oxygen atoms in total. The van der Waals surface area contributed by atoms with Crippen molar-refractivity contribution in [2.45, 2.75) is 19.4 Å². The molecular formula is C11H15FN2O3. The van der Waals surface area contributed by atoms with Crippen LogP contribution in [0, 0.1) is 15.9 Å². The van der Waals surface area contributed by atoms with Gasteiger partial charge in [0.2, 0.25) is 0 Å². The highest BCUT2D eigenvalue weighted by Crippen LogP contribution is 2.22. The van der Waals surface area contributed by atoms with Gasteiger partial charge in [0.25, 0.3) is 5.69 Å². The van der Waals surface area contributed by atoms with Crippen LogP contribution in [-0.4, -0.2) is 24.2 Å². The van der Waals surface area contributed by atoms with E-state index in [0.29, 0.717) is 12.3 Å². The number of ether oxygens (including phenoxy) is 1. The Morgan fingerprint density at radius 2 is 2.12 bits per heavy atom. The van der Waals surface area contributed by atoms with Crippen LogP contribution in [0.15, 0.2) is 18.2 Å². The maximum atomic E-state index is 13.2. The fourth-order valence-electron chi connectivity index (χ4n) is 1.54. The highest BCUT2D eigenvalue weighted by molar-refractivity contribution is 5.52. The Labute approximate surface area is 98.7 Å². The molecule has 0 unspecified atom stereocenters. The molecule has 17 heavy (non-hydrogen) atoms. The van der Waals surface area contributed by atoms with Gasteiger partial charge in [-0.05, 0) is 19.9 Å². The van der Waals surface area contributed by atoms with Gasteiger partial charge in [-0.15, -0.1) is 0 Å². The number of nitro groups is 1. The first-order valence-corrected chi connectivity index (χ1v) is 5.06. The maximum Gasteiger partial charge on any atom is 0.274 e. The normalized spacial score (nSPS) is 11.3. The van der Waals surface area contributed by atoms with E-state index in [1.807, 2.05) is 13.8 Å². The predicted molar refractivity (Wildman–Crippen MR) is 62.6 cm³/mol. The first-order valence-electron chi connectivity index (χ1n) is 5.06. The number of rotatable bonds is 5. The number of nitrogens with zero attached hydrogens (tertiary/aromatic N) is 1. The molecule has 1 aromatic carbocycles. The van der Waals surface area contributed by atoms with E-state index >= 15 is 0 Å². The second kappa shape index (κ2) is 5.09. The Kier molecular flexibility index (Phi) is 4.01. The van der Waals surface area contributed by atoms with Crippen LogP contribution in [0.2, 0.25) is 0 Å². The van der Waals surface area contributed by atoms with Crippen LogP contribution in [0.5, 0.6) is 0 Å². The number of methoxy groups -OCH3 is 1. The first-order chi connectivity index (χ1) is 7.84. The average molecular weight is 242 g/mol. The lowest BCUT2D eigenvalue weighted by atomic mass is 10.1. The molecule has 0 heterocycles. The van der Waals surface area contributed by atoms with E-state index in [1.54, 1.807) is 7.11 Å². The summed E-state index contributed by atoms with van der Waals surface area (Å²) < 4.78 is 18.2. The van der Waals surface area contributed by atoms with Crippen LogP contribution in [-0.2, 0) is 4.74 Å². The van der Waals surface area contributed by atoms with E-state index in [1.165, 1.54) is 12.1 Å². The van der Waals surface area contributed by atoms with Gasteiger partial charge in [0, 0.05) is 18.9 Å². The Hall–Kier alpha value is -1.69. The van der Waals surface area contributed by atoms with Crippen molar-refractivity contribution >= 4 is 11.4 Å². The van der Waals surface area contributed by atoms with Crippen LogP contribution < -0.4 is 5.32 Å². The van der Waals surface area contributed by atoms with Crippen molar-refractivity contribution in [3.05, 3.63) is 34.1 Å². The van der Waals surface area contributed by atoms with E-state index in [-0.39, 0.29) is 5.69 Å². The SMILES string of the molecule is COCC(C)(C)Nc1cc(F)cc([N+](=O)[O-])c1. The summed E-state index contributed by atoms with van der Waals surface area (Å²) in [6.07, 6.45) is 0. The van der Waals surface area contributed by atoms with Crippen LogP contribution in [0.1, 0.15) is 13.8 Å². The molecule has 0 aliphatic carbocycles. The van der Waals surface area contributed by atoms with Gasteiger partial charge in [-0.25, -0.2) is 4.39 Å². The zero-order valence-corrected chi connectivity index (χ0v) is 9.99. The summed E-state index contributed by atoms with van der Waals surface area (Å²) >= 11 is 0. The van der Waals surface area contributed by atoms with E-state index < -0.39 is 16.3 Å². The minimum Gasteiger partial charge on any atom is -0.382 e. The second-order valence-corrected chi connectivity index (χ2v) is 4.40. The van der Waals surface area contributed by atoms with Gasteiger partial charge in [-0.3, -0.25) is 10.1 Å². The van der Waals surface area contributed by atoms with E-state index in [9.17, 15) is 14.5 Å². The smallest absolute Gasteiger partial charge is 0.274 e. The van der Waals surface area contributed by atoms with Gasteiger partial charge in [0.05, 0.1) is 23.1 Å². The molecule has 1 rings (SSSR count). The Morgan fingerprint density at radius 3 is 2.65 bits per heavy atom. The molecule has 94 valence electrons. The third-order valence-corrected chi connectivity index (χ3v) is 2.08. The lowest BCUT2D eigenvalue weighted by Crippen LogP contribution is -2.35. The number of hydrogen-bond acceptors (Lipinski definition) is 4. The standard InChI is InChI=1S/C11H15FN2O3/c1-11(2,7-17-3)13-9-4-8(12)5-10(6-9)14(15)16/h4-6,13H,7H2,1-3H3. The monoisotopic (exact) mass is 242 g/mol. The third kappa shape index (κ3) is 3.99. The predicted octanol–water partition coefficient (Wildman–Crippen LogP) is 2.57. The summed E-state index contributed by atoms with van der Waals surface area (Å²) in [6.45, 7) is 4.11. The van der Waals surface area contributed by atoms with Gasteiger partial charge in [0.15, 0.2) is 0 Å². The first kappa shape index (κ1) is 13.4. The highest BCUT2D eigenvalue weighted by Gasteiger charge is 2.19. The molecule has 0 saturated heterocycles. The average Bonchev–Trinajstić information content (AvgIpc) is 2.15. The van der Waals surface area contributed by atoms with Crippen molar-refractivity contribution < 1.29 is 14.1 Å². The Balaban J connectivity index is 2.95. The summed E-state index contributed by atoms with van der Waals surface area (Å²) in [4.78, 5) is 9.96. The number of hydrogen-bond donors (Lipinski definition) is 1. The number of halogens is 1. The van der Waals surface area contributed by atoms with Gasteiger partial charge < -0.3 is 10.1 Å². The largest absolute Gasteiger partial charge is 0.382 e. The molecule has 0 fully saturated rings. The molecular weight excluding hydrogens is 227 g/mol. The van der Waals surface area contributed by atoms with Crippen LogP contribution in [0.4, 0.5) is 15.8 Å². The molecule has 0 aromatic heterocycles. The molecule has 1 N–H and O–H groups in total. The second-order valence-electron chi connectivity index (χ2n) is 4.40. The Morgan fingerprint density at radius 1 is 1.47 bits per heavy atom. The number of nitro benzene ring substituents is 1. The maximum absolute atomic E-state index is 13.2. The molecule has 0 atom stereocenters. The van der Waals surface area contributed by atoms with Crippen molar-refractivity contribution in [1.82, 2.24) is 0 Å². The van der Waals surface area contributed by atoms with Gasteiger partial charge in [-0.2, -0.15) is 0 Å². The topological polar surface area (TPSA) is 64.4 Å². The molecule has 0 saturated carbocycles. The summed E-state index contributed by atoms with van der Waals surface area (Å²) in [5.74, 6) is -0.644. The minimum absolute atomic E-state index is 0.277. The molecule has 0 spiro atoms. The fraction of sp³-hybridized carbons (Fsp3) is 0.455. The summed E-state index contributed by atoms with van der Waals surface area (Å²) in [7, 11) is 1.55. The van der Waals surface area contributed by atoms with E-state index in [0.717, 1.165) is 6.07 Å². The minimum atomic E-state index is -0.644. The molecule has 0 bridgehead atoms. The van der Waals surface area contributed by atoms with Gasteiger partial charge in [0.1, 0.15) is 5.82 Å². The molecule has 0 radical (unpaired) electrons. The number of nitrogens with one attached hydrogen (secondary N) is 1. The highest BCUT2D eigenvalue weighted by atomic mass is 19.1. The van der Waals surface area contributed by atoms with Crippen LogP contribution in [0.25, 0.3) is 0 Å². The van der Waals surface area contributed by atoms with E-state index in [2.05, 4.69) is 5.32 Å². The van der Waals surface area contributed by atoms with Crippen molar-refractivity contribution in [3.63, 3.8) is 0 Å². The molecule has 1 aromatic rings. The number of benzene rings is 1. The third-order valence-electron chi connectivity index (χ3n) is 2.08. The zero-order valence-electron chi connectivity index (χ0n) is 9.99. The lowest BCUT2D eigenvalue weighted by molar-refractivity contribution is -0.385. The summed E-state index contributed by atoms with van der Waals surface area (Å²) in [5.41, 5.74) is -0.351. The van der Waals surface area contributed by atoms with Gasteiger partial charge >= 0.3 is 0 Å². The quantitative estimate of drug-likeness (QED) is 0.636. The molecule has 6 heteroatoms. The van der Waals surface area contributed by atoms with E-state index in [4.69, 9.17) is 4.74 Å². The summed E-state index contributed by atoms with van der Waals surface area (Å²) in [5, 5.41) is 13.6. The van der Waals surface area contributed by atoms with Crippen molar-refractivity contribution in [1.29, 1.82) is 0 Å². The van der Waals surface area contributed by atoms with Crippen molar-refractivity contribution in [3.8, 4) is 0 Å². The number of non-ortho nitro benzene ring substituents is 1. The molecule has 0 amide bonds. The van der Waals surface area contributed by atoms with Gasteiger partial charge in [-0.1, -0.05) is 0 Å². The molecule has 0 aliphatic rings. The zero-order chi connectivity index (χ0) is 13.1. The van der Waals surface area contributed by atoms with Crippen molar-refractivity contribution in [2.75, 3.05) is 19.0 Å². The van der Waals surface area contributed by atoms with Crippen LogP contribution >= 0.6 is 0 Å². The van der Waals surface area contributed by atoms with Crippen molar-refractivity contribution in [2.24, 2.45) is 0 Å². The van der Waals surface area contributed by atoms with Crippen LogP contribution in [0.3, 0.4) is 0 Å². The Bertz CT molecular complexity index is 421. The lowest BCUT2D eigenvalue weighted by Gasteiger charge is -2.26. The molecule has 0 aliphatic heterocycles. The fourth-order valence-corrected chi connectivity index (χ4v) is 1.54. The summed E-state index contributed by atoms with van der Waals surface area (Å²) in [6, 6.07) is 3.39.